The first-order chi connectivity index (χ1) is 8.24. The van der Waals surface area contributed by atoms with E-state index < -0.39 is 26.2 Å². The second-order valence-electron chi connectivity index (χ2n) is 4.49. The highest BCUT2D eigenvalue weighted by Gasteiger charge is 2.45. The molecule has 18 heavy (non-hydrogen) atoms. The second-order valence-corrected chi connectivity index (χ2v) is 6.40. The Morgan fingerprint density at radius 1 is 1.39 bits per heavy atom. The molecule has 0 amide bonds. The number of nitro groups is 1. The summed E-state index contributed by atoms with van der Waals surface area (Å²) < 4.78 is 25.3. The van der Waals surface area contributed by atoms with Gasteiger partial charge in [-0.3, -0.25) is 10.1 Å². The van der Waals surface area contributed by atoms with Crippen molar-refractivity contribution >= 4 is 15.7 Å². The summed E-state index contributed by atoms with van der Waals surface area (Å²) in [4.78, 5) is 9.72. The Bertz CT molecular complexity index is 588. The van der Waals surface area contributed by atoms with E-state index in [-0.39, 0.29) is 18.0 Å². The van der Waals surface area contributed by atoms with E-state index in [4.69, 9.17) is 0 Å². The smallest absolute Gasteiger partial charge is 0.289 e. The Labute approximate surface area is 104 Å². The average Bonchev–Trinajstić information content (AvgIpc) is 2.25. The van der Waals surface area contributed by atoms with Crippen LogP contribution in [0, 0.1) is 10.1 Å². The maximum atomic E-state index is 12.1. The van der Waals surface area contributed by atoms with Crippen LogP contribution < -0.4 is 0 Å². The fraction of sp³-hybridized carbons (Fsp3) is 0.400. The zero-order valence-corrected chi connectivity index (χ0v) is 10.4. The van der Waals surface area contributed by atoms with Gasteiger partial charge >= 0.3 is 0 Å². The molecule has 1 saturated heterocycles. The number of benzene rings is 1. The number of hydrogen-bond donors (Lipinski definition) is 1. The maximum absolute atomic E-state index is 12.1. The van der Waals surface area contributed by atoms with E-state index in [0.29, 0.717) is 0 Å². The van der Waals surface area contributed by atoms with Crippen molar-refractivity contribution in [1.29, 1.82) is 0 Å². The van der Waals surface area contributed by atoms with E-state index in [1.807, 2.05) is 0 Å². The van der Waals surface area contributed by atoms with E-state index in [1.165, 1.54) is 25.1 Å². The summed E-state index contributed by atoms with van der Waals surface area (Å²) in [6, 6.07) is 5.17. The standard InChI is InChI=1S/C10H12N2O5S/c1-10(13)6-11(7-10)18(16,17)9-5-3-2-4-8(9)12(14)15/h2-5,13H,6-7H2,1H3. The van der Waals surface area contributed by atoms with Gasteiger partial charge in [-0.2, -0.15) is 4.31 Å². The third-order valence-corrected chi connectivity index (χ3v) is 4.55. The normalized spacial score (nSPS) is 19.2. The van der Waals surface area contributed by atoms with E-state index in [9.17, 15) is 23.6 Å². The molecule has 0 aromatic heterocycles. The molecule has 0 aliphatic carbocycles. The van der Waals surface area contributed by atoms with E-state index in [0.717, 1.165) is 10.4 Å². The van der Waals surface area contributed by atoms with Gasteiger partial charge in [-0.05, 0) is 13.0 Å². The lowest BCUT2D eigenvalue weighted by molar-refractivity contribution is -0.387. The highest BCUT2D eigenvalue weighted by Crippen LogP contribution is 2.31. The van der Waals surface area contributed by atoms with Crippen molar-refractivity contribution in [2.75, 3.05) is 13.1 Å². The number of hydrogen-bond acceptors (Lipinski definition) is 5. The molecule has 98 valence electrons. The van der Waals surface area contributed by atoms with Crippen LogP contribution in [0.2, 0.25) is 0 Å². The van der Waals surface area contributed by atoms with Crippen molar-refractivity contribution in [3.63, 3.8) is 0 Å². The highest BCUT2D eigenvalue weighted by molar-refractivity contribution is 7.89. The molecular weight excluding hydrogens is 260 g/mol. The Kier molecular flexibility index (Phi) is 2.88. The van der Waals surface area contributed by atoms with Crippen LogP contribution in [0.1, 0.15) is 6.92 Å². The number of sulfonamides is 1. The summed E-state index contributed by atoms with van der Waals surface area (Å²) in [7, 11) is -3.92. The largest absolute Gasteiger partial charge is 0.387 e. The van der Waals surface area contributed by atoms with E-state index in [1.54, 1.807) is 0 Å². The Balaban J connectivity index is 2.40. The van der Waals surface area contributed by atoms with Gasteiger partial charge in [0.2, 0.25) is 10.0 Å². The Morgan fingerprint density at radius 2 is 1.94 bits per heavy atom. The summed E-state index contributed by atoms with van der Waals surface area (Å²) >= 11 is 0. The summed E-state index contributed by atoms with van der Waals surface area (Å²) in [5.74, 6) is 0. The molecule has 0 unspecified atom stereocenters. The Hall–Kier alpha value is -1.51. The predicted octanol–water partition coefficient (Wildman–Crippen LogP) is 0.350. The monoisotopic (exact) mass is 272 g/mol. The number of β-amino-alcohol motifs (C(OH)–C–C–N with tert-alkyl or cyclic N) is 1. The molecule has 1 fully saturated rings. The van der Waals surface area contributed by atoms with Gasteiger partial charge in [-0.1, -0.05) is 12.1 Å². The fourth-order valence-corrected chi connectivity index (χ4v) is 3.68. The lowest BCUT2D eigenvalue weighted by atomic mass is 10.0. The minimum atomic E-state index is -3.92. The molecule has 0 atom stereocenters. The van der Waals surface area contributed by atoms with Crippen LogP contribution in [-0.4, -0.2) is 41.4 Å². The molecule has 0 bridgehead atoms. The van der Waals surface area contributed by atoms with E-state index in [2.05, 4.69) is 0 Å². The number of rotatable bonds is 3. The SMILES string of the molecule is CC1(O)CN(S(=O)(=O)c2ccccc2[N+](=O)[O-])C1. The number of nitrogens with zero attached hydrogens (tertiary/aromatic N) is 2. The summed E-state index contributed by atoms with van der Waals surface area (Å²) in [6.07, 6.45) is 0. The van der Waals surface area contributed by atoms with Gasteiger partial charge in [0, 0.05) is 19.2 Å². The van der Waals surface area contributed by atoms with Crippen molar-refractivity contribution in [3.05, 3.63) is 34.4 Å². The van der Waals surface area contributed by atoms with Crippen molar-refractivity contribution in [1.82, 2.24) is 4.31 Å². The topological polar surface area (TPSA) is 101 Å². The molecule has 7 nitrogen and oxygen atoms in total. The lowest BCUT2D eigenvalue weighted by Crippen LogP contribution is -2.61. The molecule has 1 aliphatic rings. The Morgan fingerprint density at radius 3 is 2.44 bits per heavy atom. The van der Waals surface area contributed by atoms with Crippen molar-refractivity contribution < 1.29 is 18.4 Å². The quantitative estimate of drug-likeness (QED) is 0.632. The van der Waals surface area contributed by atoms with Crippen LogP contribution in [0.15, 0.2) is 29.2 Å². The van der Waals surface area contributed by atoms with Crippen LogP contribution in [0.3, 0.4) is 0 Å². The molecule has 8 heteroatoms. The van der Waals surface area contributed by atoms with Crippen LogP contribution in [0.5, 0.6) is 0 Å². The summed E-state index contributed by atoms with van der Waals surface area (Å²) in [5, 5.41) is 20.3. The van der Waals surface area contributed by atoms with Gasteiger partial charge in [-0.15, -0.1) is 0 Å². The van der Waals surface area contributed by atoms with E-state index >= 15 is 0 Å². The number of para-hydroxylation sites is 1. The molecule has 1 aromatic rings. The summed E-state index contributed by atoms with van der Waals surface area (Å²) in [5.41, 5.74) is -1.51. The second kappa shape index (κ2) is 4.01. The highest BCUT2D eigenvalue weighted by atomic mass is 32.2. The molecule has 1 N–H and O–H groups in total. The molecule has 0 radical (unpaired) electrons. The zero-order valence-electron chi connectivity index (χ0n) is 9.61. The molecule has 0 spiro atoms. The first kappa shape index (κ1) is 12.9. The third kappa shape index (κ3) is 2.09. The first-order valence-corrected chi connectivity index (χ1v) is 6.64. The van der Waals surface area contributed by atoms with Gasteiger partial charge in [0.25, 0.3) is 5.69 Å². The van der Waals surface area contributed by atoms with Crippen LogP contribution in [0.25, 0.3) is 0 Å². The zero-order chi connectivity index (χ0) is 13.6. The third-order valence-electron chi connectivity index (χ3n) is 2.71. The molecule has 1 aromatic carbocycles. The van der Waals surface area contributed by atoms with Crippen LogP contribution >= 0.6 is 0 Å². The molecule has 1 heterocycles. The van der Waals surface area contributed by atoms with Crippen molar-refractivity contribution in [3.8, 4) is 0 Å². The van der Waals surface area contributed by atoms with Crippen molar-refractivity contribution in [2.45, 2.75) is 17.4 Å². The van der Waals surface area contributed by atoms with Gasteiger partial charge in [0.1, 0.15) is 0 Å². The van der Waals surface area contributed by atoms with Crippen LogP contribution in [0.4, 0.5) is 5.69 Å². The minimum absolute atomic E-state index is 0.0542. The maximum Gasteiger partial charge on any atom is 0.289 e. The molecule has 1 aliphatic heterocycles. The lowest BCUT2D eigenvalue weighted by Gasteiger charge is -2.42. The van der Waals surface area contributed by atoms with Gasteiger partial charge in [0.15, 0.2) is 4.90 Å². The molecule has 2 rings (SSSR count). The molecular formula is C10H12N2O5S. The predicted molar refractivity (Wildman–Crippen MR) is 62.5 cm³/mol. The van der Waals surface area contributed by atoms with Crippen LogP contribution in [-0.2, 0) is 10.0 Å². The number of aliphatic hydroxyl groups is 1. The number of nitro benzene ring substituents is 1. The first-order valence-electron chi connectivity index (χ1n) is 5.20. The van der Waals surface area contributed by atoms with Gasteiger partial charge < -0.3 is 5.11 Å². The molecule has 0 saturated carbocycles. The van der Waals surface area contributed by atoms with Crippen molar-refractivity contribution in [2.24, 2.45) is 0 Å². The van der Waals surface area contributed by atoms with Gasteiger partial charge in [0.05, 0.1) is 10.5 Å². The minimum Gasteiger partial charge on any atom is -0.387 e. The fourth-order valence-electron chi connectivity index (χ4n) is 1.85. The van der Waals surface area contributed by atoms with Gasteiger partial charge in [-0.25, -0.2) is 8.42 Å². The average molecular weight is 272 g/mol. The summed E-state index contributed by atoms with van der Waals surface area (Å²) in [6.45, 7) is 1.40.